The summed E-state index contributed by atoms with van der Waals surface area (Å²) in [5.74, 6) is 0.185. The molecule has 0 saturated carbocycles. The van der Waals surface area contributed by atoms with Crippen LogP contribution in [-0.4, -0.2) is 33.9 Å². The first-order valence-corrected chi connectivity index (χ1v) is 6.17. The highest BCUT2D eigenvalue weighted by atomic mass is 16.2. The van der Waals surface area contributed by atoms with Crippen LogP contribution in [0.1, 0.15) is 32.4 Å². The number of piperidine rings is 1. The number of aromatic amines is 1. The minimum absolute atomic E-state index is 0.124. The van der Waals surface area contributed by atoms with Crippen molar-refractivity contribution in [1.82, 2.24) is 9.88 Å². The van der Waals surface area contributed by atoms with Crippen LogP contribution in [-0.2, 0) is 11.2 Å². The van der Waals surface area contributed by atoms with E-state index in [2.05, 4.69) is 18.8 Å². The van der Waals surface area contributed by atoms with Crippen molar-refractivity contribution in [1.29, 1.82) is 0 Å². The molecule has 1 aromatic heterocycles. The smallest absolute Gasteiger partial charge is 0.228 e. The zero-order valence-electron chi connectivity index (χ0n) is 10.6. The number of carbonyl (C=O) groups excluding carboxylic acids is 1. The van der Waals surface area contributed by atoms with E-state index in [1.165, 1.54) is 0 Å². The number of nitrogens with zero attached hydrogens (tertiary/aromatic N) is 1. The van der Waals surface area contributed by atoms with Gasteiger partial charge in [-0.3, -0.25) is 4.79 Å². The highest BCUT2D eigenvalue weighted by Crippen LogP contribution is 2.27. The Bertz CT molecular complexity index is 383. The highest BCUT2D eigenvalue weighted by Gasteiger charge is 2.36. The number of aromatic nitrogens is 1. The van der Waals surface area contributed by atoms with Crippen molar-refractivity contribution in [2.24, 2.45) is 5.73 Å². The maximum atomic E-state index is 12.3. The highest BCUT2D eigenvalue weighted by molar-refractivity contribution is 5.79. The molecule has 1 saturated heterocycles. The fourth-order valence-corrected chi connectivity index (χ4v) is 2.65. The van der Waals surface area contributed by atoms with Gasteiger partial charge in [0.05, 0.1) is 6.42 Å². The van der Waals surface area contributed by atoms with E-state index in [4.69, 9.17) is 5.73 Å². The predicted molar refractivity (Wildman–Crippen MR) is 67.5 cm³/mol. The number of H-pyrrole nitrogens is 1. The summed E-state index contributed by atoms with van der Waals surface area (Å²) < 4.78 is 0. The number of hydrogen-bond donors (Lipinski definition) is 2. The average Bonchev–Trinajstić information content (AvgIpc) is 2.68. The fraction of sp³-hybridized carbons (Fsp3) is 0.615. The lowest BCUT2D eigenvalue weighted by Crippen LogP contribution is -2.56. The molecule has 1 amide bonds. The van der Waals surface area contributed by atoms with E-state index in [-0.39, 0.29) is 17.5 Å². The molecule has 1 aliphatic heterocycles. The number of nitrogens with two attached hydrogens (primary N) is 1. The molecule has 1 unspecified atom stereocenters. The van der Waals surface area contributed by atoms with Gasteiger partial charge in [-0.05, 0) is 38.8 Å². The van der Waals surface area contributed by atoms with E-state index >= 15 is 0 Å². The number of amides is 1. The number of likely N-dealkylation sites (tertiary alicyclic amines) is 1. The summed E-state index contributed by atoms with van der Waals surface area (Å²) in [6, 6.07) is 4.08. The van der Waals surface area contributed by atoms with Crippen molar-refractivity contribution < 1.29 is 4.79 Å². The third kappa shape index (κ3) is 2.69. The van der Waals surface area contributed by atoms with Gasteiger partial charge in [-0.25, -0.2) is 0 Å². The second kappa shape index (κ2) is 4.53. The lowest BCUT2D eigenvalue weighted by atomic mass is 9.87. The third-order valence-corrected chi connectivity index (χ3v) is 3.52. The molecule has 1 aromatic rings. The van der Waals surface area contributed by atoms with E-state index in [0.29, 0.717) is 6.42 Å². The quantitative estimate of drug-likeness (QED) is 0.811. The van der Waals surface area contributed by atoms with Crippen LogP contribution in [0.4, 0.5) is 0 Å². The lowest BCUT2D eigenvalue weighted by Gasteiger charge is -2.44. The van der Waals surface area contributed by atoms with Crippen molar-refractivity contribution in [3.8, 4) is 0 Å². The van der Waals surface area contributed by atoms with Crippen molar-refractivity contribution in [3.63, 3.8) is 0 Å². The normalized spacial score (nSPS) is 23.7. The Morgan fingerprint density at radius 2 is 2.41 bits per heavy atom. The molecule has 0 aliphatic carbocycles. The van der Waals surface area contributed by atoms with Crippen LogP contribution >= 0.6 is 0 Å². The summed E-state index contributed by atoms with van der Waals surface area (Å²) in [5.41, 5.74) is 6.81. The number of nitrogens with one attached hydrogen (secondary N) is 1. The molecule has 17 heavy (non-hydrogen) atoms. The van der Waals surface area contributed by atoms with Crippen molar-refractivity contribution >= 4 is 5.91 Å². The second-order valence-electron chi connectivity index (χ2n) is 5.48. The van der Waals surface area contributed by atoms with Gasteiger partial charge in [0, 0.05) is 30.0 Å². The van der Waals surface area contributed by atoms with E-state index in [1.807, 2.05) is 23.2 Å². The van der Waals surface area contributed by atoms with Gasteiger partial charge in [-0.15, -0.1) is 0 Å². The molecule has 2 heterocycles. The Morgan fingerprint density at radius 3 is 3.00 bits per heavy atom. The van der Waals surface area contributed by atoms with Crippen molar-refractivity contribution in [3.05, 3.63) is 24.0 Å². The van der Waals surface area contributed by atoms with Gasteiger partial charge in [0.15, 0.2) is 0 Å². The van der Waals surface area contributed by atoms with Gasteiger partial charge in [0.2, 0.25) is 5.91 Å². The Balaban J connectivity index is 2.04. The van der Waals surface area contributed by atoms with Crippen LogP contribution in [0, 0.1) is 0 Å². The maximum absolute atomic E-state index is 12.3. The van der Waals surface area contributed by atoms with Crippen LogP contribution in [0.15, 0.2) is 18.3 Å². The summed E-state index contributed by atoms with van der Waals surface area (Å²) in [7, 11) is 0. The Hall–Kier alpha value is -1.29. The first-order chi connectivity index (χ1) is 7.99. The molecule has 4 heteroatoms. The minimum atomic E-state index is -0.124. The predicted octanol–water partition coefficient (Wildman–Crippen LogP) is 1.29. The van der Waals surface area contributed by atoms with E-state index < -0.39 is 0 Å². The van der Waals surface area contributed by atoms with Crippen molar-refractivity contribution in [2.75, 3.05) is 6.54 Å². The molecule has 1 atom stereocenters. The number of carbonyl (C=O) groups is 1. The molecule has 2 rings (SSSR count). The first kappa shape index (κ1) is 12.2. The molecule has 0 bridgehead atoms. The molecule has 4 nitrogen and oxygen atoms in total. The van der Waals surface area contributed by atoms with Gasteiger partial charge in [-0.1, -0.05) is 0 Å². The lowest BCUT2D eigenvalue weighted by molar-refractivity contribution is -0.138. The van der Waals surface area contributed by atoms with E-state index in [0.717, 1.165) is 25.1 Å². The number of rotatable bonds is 2. The summed E-state index contributed by atoms with van der Waals surface area (Å²) in [4.78, 5) is 17.3. The van der Waals surface area contributed by atoms with Crippen LogP contribution in [0.25, 0.3) is 0 Å². The topological polar surface area (TPSA) is 62.1 Å². The van der Waals surface area contributed by atoms with Crippen LogP contribution in [0.5, 0.6) is 0 Å². The van der Waals surface area contributed by atoms with Crippen LogP contribution < -0.4 is 5.73 Å². The summed E-state index contributed by atoms with van der Waals surface area (Å²) in [6.45, 7) is 4.96. The molecule has 0 aromatic carbocycles. The SMILES string of the molecule is CC1(C)CC(N)CCN1C(=O)Cc1ccc[nH]1. The first-order valence-electron chi connectivity index (χ1n) is 6.17. The molecule has 94 valence electrons. The van der Waals surface area contributed by atoms with Gasteiger partial charge >= 0.3 is 0 Å². The number of hydrogen-bond acceptors (Lipinski definition) is 2. The third-order valence-electron chi connectivity index (χ3n) is 3.52. The summed E-state index contributed by atoms with van der Waals surface area (Å²) in [5, 5.41) is 0. The summed E-state index contributed by atoms with van der Waals surface area (Å²) >= 11 is 0. The minimum Gasteiger partial charge on any atom is -0.365 e. The van der Waals surface area contributed by atoms with Gasteiger partial charge in [-0.2, -0.15) is 0 Å². The molecular formula is C13H21N3O. The van der Waals surface area contributed by atoms with Gasteiger partial charge in [0.1, 0.15) is 0 Å². The maximum Gasteiger partial charge on any atom is 0.228 e. The Morgan fingerprint density at radius 1 is 1.65 bits per heavy atom. The largest absolute Gasteiger partial charge is 0.365 e. The van der Waals surface area contributed by atoms with E-state index in [1.54, 1.807) is 0 Å². The molecule has 0 radical (unpaired) electrons. The van der Waals surface area contributed by atoms with Crippen LogP contribution in [0.3, 0.4) is 0 Å². The zero-order chi connectivity index (χ0) is 12.5. The molecule has 1 fully saturated rings. The Kier molecular flexibility index (Phi) is 3.24. The second-order valence-corrected chi connectivity index (χ2v) is 5.48. The van der Waals surface area contributed by atoms with E-state index in [9.17, 15) is 4.79 Å². The Labute approximate surface area is 102 Å². The standard InChI is InChI=1S/C13H21N3O/c1-13(2)9-10(14)5-7-16(13)12(17)8-11-4-3-6-15-11/h3-4,6,10,15H,5,7-9,14H2,1-2H3. The molecule has 0 spiro atoms. The van der Waals surface area contributed by atoms with Gasteiger partial charge < -0.3 is 15.6 Å². The molecule has 3 N–H and O–H groups in total. The molecular weight excluding hydrogens is 214 g/mol. The zero-order valence-corrected chi connectivity index (χ0v) is 10.6. The fourth-order valence-electron chi connectivity index (χ4n) is 2.65. The van der Waals surface area contributed by atoms with Crippen molar-refractivity contribution in [2.45, 2.75) is 44.7 Å². The van der Waals surface area contributed by atoms with Crippen LogP contribution in [0.2, 0.25) is 0 Å². The summed E-state index contributed by atoms with van der Waals surface area (Å²) in [6.07, 6.45) is 4.08. The molecule has 1 aliphatic rings. The average molecular weight is 235 g/mol. The monoisotopic (exact) mass is 235 g/mol. The van der Waals surface area contributed by atoms with Gasteiger partial charge in [0.25, 0.3) is 0 Å².